The van der Waals surface area contributed by atoms with Gasteiger partial charge >= 0.3 is 5.97 Å². The summed E-state index contributed by atoms with van der Waals surface area (Å²) in [5, 5.41) is 20.5. The van der Waals surface area contributed by atoms with E-state index in [1.54, 1.807) is 11.8 Å². The Labute approximate surface area is 107 Å². The van der Waals surface area contributed by atoms with E-state index in [4.69, 9.17) is 0 Å². The van der Waals surface area contributed by atoms with Crippen LogP contribution in [-0.4, -0.2) is 33.3 Å². The fourth-order valence-electron chi connectivity index (χ4n) is 3.28. The van der Waals surface area contributed by atoms with Crippen LogP contribution in [0.3, 0.4) is 0 Å². The molecular formula is C13H22O3S. The molecule has 2 rings (SSSR count). The maximum atomic E-state index is 11.6. The van der Waals surface area contributed by atoms with Crippen molar-refractivity contribution < 1.29 is 15.0 Å². The first-order valence-electron chi connectivity index (χ1n) is 6.54. The summed E-state index contributed by atoms with van der Waals surface area (Å²) in [5.41, 5.74) is -1.87. The highest BCUT2D eigenvalue weighted by molar-refractivity contribution is 7.99. The number of hydrogen-bond donors (Lipinski definition) is 2. The second kappa shape index (κ2) is 4.81. The minimum absolute atomic E-state index is 0.577. The molecule has 0 spiro atoms. The van der Waals surface area contributed by atoms with Crippen molar-refractivity contribution in [2.24, 2.45) is 11.3 Å². The average Bonchev–Trinajstić information content (AvgIpc) is 2.71. The zero-order valence-corrected chi connectivity index (χ0v) is 11.3. The second-order valence-electron chi connectivity index (χ2n) is 5.76. The van der Waals surface area contributed by atoms with Gasteiger partial charge in [-0.05, 0) is 37.4 Å². The van der Waals surface area contributed by atoms with Crippen molar-refractivity contribution in [2.75, 3.05) is 11.5 Å². The minimum Gasteiger partial charge on any atom is -0.481 e. The summed E-state index contributed by atoms with van der Waals surface area (Å²) >= 11 is 1.67. The molecule has 0 amide bonds. The smallest absolute Gasteiger partial charge is 0.313 e. The average molecular weight is 258 g/mol. The molecule has 4 heteroatoms. The summed E-state index contributed by atoms with van der Waals surface area (Å²) in [6, 6.07) is 0. The van der Waals surface area contributed by atoms with Crippen LogP contribution in [0.15, 0.2) is 0 Å². The molecule has 0 aromatic heterocycles. The van der Waals surface area contributed by atoms with E-state index in [1.165, 1.54) is 0 Å². The number of thioether (sulfide) groups is 1. The van der Waals surface area contributed by atoms with Gasteiger partial charge in [0.25, 0.3) is 0 Å². The summed E-state index contributed by atoms with van der Waals surface area (Å²) in [6.45, 7) is 2.20. The number of aliphatic carboxylic acids is 1. The second-order valence-corrected chi connectivity index (χ2v) is 6.86. The van der Waals surface area contributed by atoms with Gasteiger partial charge < -0.3 is 10.2 Å². The molecule has 17 heavy (non-hydrogen) atoms. The lowest BCUT2D eigenvalue weighted by Crippen LogP contribution is -2.53. The summed E-state index contributed by atoms with van der Waals surface area (Å²) in [5.74, 6) is 1.26. The van der Waals surface area contributed by atoms with Crippen LogP contribution in [0.1, 0.15) is 45.4 Å². The highest BCUT2D eigenvalue weighted by atomic mass is 32.2. The monoisotopic (exact) mass is 258 g/mol. The fourth-order valence-corrected chi connectivity index (χ4v) is 4.80. The maximum Gasteiger partial charge on any atom is 0.313 e. The molecule has 1 saturated carbocycles. The van der Waals surface area contributed by atoms with Crippen molar-refractivity contribution >= 4 is 17.7 Å². The highest BCUT2D eigenvalue weighted by Crippen LogP contribution is 2.50. The van der Waals surface area contributed by atoms with Gasteiger partial charge in [-0.2, -0.15) is 11.8 Å². The predicted octanol–water partition coefficient (Wildman–Crippen LogP) is 2.53. The number of carboxylic acid groups (broad SMARTS) is 1. The molecule has 98 valence electrons. The molecule has 1 aliphatic carbocycles. The summed E-state index contributed by atoms with van der Waals surface area (Å²) in [4.78, 5) is 11.6. The predicted molar refractivity (Wildman–Crippen MR) is 69.2 cm³/mol. The van der Waals surface area contributed by atoms with E-state index < -0.39 is 17.0 Å². The van der Waals surface area contributed by atoms with Crippen LogP contribution in [0.2, 0.25) is 0 Å². The fraction of sp³-hybridized carbons (Fsp3) is 0.923. The van der Waals surface area contributed by atoms with E-state index in [1.807, 2.05) is 0 Å². The molecule has 2 fully saturated rings. The third-order valence-electron chi connectivity index (χ3n) is 4.66. The third-order valence-corrected chi connectivity index (χ3v) is 5.85. The van der Waals surface area contributed by atoms with Crippen molar-refractivity contribution in [3.63, 3.8) is 0 Å². The first kappa shape index (κ1) is 13.2. The van der Waals surface area contributed by atoms with Crippen molar-refractivity contribution in [1.82, 2.24) is 0 Å². The Kier molecular flexibility index (Phi) is 3.74. The molecule has 3 unspecified atom stereocenters. The number of aliphatic hydroxyl groups is 1. The molecule has 0 aromatic rings. The van der Waals surface area contributed by atoms with E-state index in [9.17, 15) is 15.0 Å². The summed E-state index contributed by atoms with van der Waals surface area (Å²) in [7, 11) is 0. The summed E-state index contributed by atoms with van der Waals surface area (Å²) < 4.78 is 0. The number of rotatable bonds is 2. The van der Waals surface area contributed by atoms with Crippen LogP contribution < -0.4 is 0 Å². The van der Waals surface area contributed by atoms with Crippen LogP contribution in [0.25, 0.3) is 0 Å². The Morgan fingerprint density at radius 2 is 2.06 bits per heavy atom. The molecule has 3 nitrogen and oxygen atoms in total. The molecule has 1 aliphatic heterocycles. The number of carbonyl (C=O) groups is 1. The largest absolute Gasteiger partial charge is 0.481 e. The van der Waals surface area contributed by atoms with E-state index in [0.717, 1.165) is 25.0 Å². The van der Waals surface area contributed by atoms with Crippen LogP contribution in [0.4, 0.5) is 0 Å². The van der Waals surface area contributed by atoms with Gasteiger partial charge in [-0.15, -0.1) is 0 Å². The lowest BCUT2D eigenvalue weighted by atomic mass is 9.67. The molecule has 1 heterocycles. The molecular weight excluding hydrogens is 236 g/mol. The Balaban J connectivity index is 2.25. The van der Waals surface area contributed by atoms with Gasteiger partial charge in [-0.25, -0.2) is 0 Å². The molecule has 0 radical (unpaired) electrons. The molecule has 2 N–H and O–H groups in total. The van der Waals surface area contributed by atoms with Gasteiger partial charge in [0.05, 0.1) is 5.60 Å². The number of carboxylic acids is 1. The normalized spacial score (nSPS) is 43.3. The van der Waals surface area contributed by atoms with Crippen LogP contribution in [0, 0.1) is 11.3 Å². The van der Waals surface area contributed by atoms with E-state index >= 15 is 0 Å². The van der Waals surface area contributed by atoms with Crippen molar-refractivity contribution in [2.45, 2.75) is 51.0 Å². The van der Waals surface area contributed by atoms with E-state index in [-0.39, 0.29) is 0 Å². The maximum absolute atomic E-state index is 11.6. The van der Waals surface area contributed by atoms with E-state index in [0.29, 0.717) is 30.9 Å². The highest BCUT2D eigenvalue weighted by Gasteiger charge is 2.57. The minimum atomic E-state index is -0.979. The molecule has 1 saturated heterocycles. The van der Waals surface area contributed by atoms with Crippen LogP contribution in [0.5, 0.6) is 0 Å². The van der Waals surface area contributed by atoms with Gasteiger partial charge in [0.1, 0.15) is 5.41 Å². The lowest BCUT2D eigenvalue weighted by Gasteiger charge is -2.41. The Hall–Kier alpha value is -0.220. The zero-order chi connectivity index (χ0) is 12.5. The molecule has 2 aliphatic rings. The van der Waals surface area contributed by atoms with Gasteiger partial charge in [0, 0.05) is 5.75 Å². The molecule has 0 bridgehead atoms. The molecule has 3 atom stereocenters. The van der Waals surface area contributed by atoms with E-state index in [2.05, 4.69) is 6.92 Å². The van der Waals surface area contributed by atoms with Crippen molar-refractivity contribution in [3.8, 4) is 0 Å². The Bertz CT molecular complexity index is 299. The lowest BCUT2D eigenvalue weighted by molar-refractivity contribution is -0.168. The third kappa shape index (κ3) is 2.22. The first-order chi connectivity index (χ1) is 8.00. The van der Waals surface area contributed by atoms with Crippen molar-refractivity contribution in [3.05, 3.63) is 0 Å². The standard InChI is InChI=1S/C13H22O3S/c1-10-3-2-5-13(16,6-4-10)12(11(14)15)7-8-17-9-12/h10,16H,2-9H2,1H3,(H,14,15). The van der Waals surface area contributed by atoms with Gasteiger partial charge in [0.15, 0.2) is 0 Å². The van der Waals surface area contributed by atoms with Crippen molar-refractivity contribution in [1.29, 1.82) is 0 Å². The van der Waals surface area contributed by atoms with Crippen LogP contribution in [-0.2, 0) is 4.79 Å². The number of hydrogen-bond acceptors (Lipinski definition) is 3. The SMILES string of the molecule is CC1CCCC(O)(C2(C(=O)O)CCSC2)CC1. The van der Waals surface area contributed by atoms with Gasteiger partial charge in [-0.1, -0.05) is 19.8 Å². The Morgan fingerprint density at radius 1 is 1.29 bits per heavy atom. The summed E-state index contributed by atoms with van der Waals surface area (Å²) in [6.07, 6.45) is 4.96. The molecule has 0 aromatic carbocycles. The zero-order valence-electron chi connectivity index (χ0n) is 10.4. The van der Waals surface area contributed by atoms with Crippen LogP contribution >= 0.6 is 11.8 Å². The van der Waals surface area contributed by atoms with Gasteiger partial charge in [0.2, 0.25) is 0 Å². The first-order valence-corrected chi connectivity index (χ1v) is 7.69. The Morgan fingerprint density at radius 3 is 2.65 bits per heavy atom. The van der Waals surface area contributed by atoms with Gasteiger partial charge in [-0.3, -0.25) is 4.79 Å². The quantitative estimate of drug-likeness (QED) is 0.747. The topological polar surface area (TPSA) is 57.5 Å².